The van der Waals surface area contributed by atoms with E-state index >= 15 is 0 Å². The highest BCUT2D eigenvalue weighted by molar-refractivity contribution is 6.46. The first kappa shape index (κ1) is 20.5. The number of rotatable bonds is 5. The quantitative estimate of drug-likeness (QED) is 0.370. The van der Waals surface area contributed by atoms with Crippen molar-refractivity contribution < 1.29 is 14.7 Å². The Hall–Kier alpha value is -3.73. The zero-order chi connectivity index (χ0) is 22.0. The minimum Gasteiger partial charge on any atom is -0.507 e. The van der Waals surface area contributed by atoms with Gasteiger partial charge in [0.05, 0.1) is 11.6 Å². The zero-order valence-electron chi connectivity index (χ0n) is 17.5. The van der Waals surface area contributed by atoms with Gasteiger partial charge in [-0.25, -0.2) is 0 Å². The molecular weight excluding hydrogens is 388 g/mol. The van der Waals surface area contributed by atoms with Crippen molar-refractivity contribution in [2.75, 3.05) is 0 Å². The van der Waals surface area contributed by atoms with Gasteiger partial charge in [0.2, 0.25) is 0 Å². The second-order valence-corrected chi connectivity index (χ2v) is 7.98. The fourth-order valence-corrected chi connectivity index (χ4v) is 3.89. The van der Waals surface area contributed by atoms with Crippen molar-refractivity contribution in [3.05, 3.63) is 107 Å². The van der Waals surface area contributed by atoms with E-state index in [1.54, 1.807) is 42.7 Å². The molecule has 0 bridgehead atoms. The summed E-state index contributed by atoms with van der Waals surface area (Å²) in [4.78, 5) is 31.7. The molecule has 4 rings (SSSR count). The van der Waals surface area contributed by atoms with Crippen molar-refractivity contribution in [3.8, 4) is 0 Å². The second-order valence-electron chi connectivity index (χ2n) is 7.98. The number of pyridine rings is 1. The monoisotopic (exact) mass is 412 g/mol. The Kier molecular flexibility index (Phi) is 5.67. The first-order chi connectivity index (χ1) is 15.0. The Bertz CT molecular complexity index is 1120. The maximum atomic E-state index is 13.1. The predicted molar refractivity (Wildman–Crippen MR) is 119 cm³/mol. The normalized spacial score (nSPS) is 18.0. The molecule has 1 amide bonds. The molecule has 1 saturated heterocycles. The van der Waals surface area contributed by atoms with Gasteiger partial charge in [-0.3, -0.25) is 14.6 Å². The van der Waals surface area contributed by atoms with E-state index in [4.69, 9.17) is 0 Å². The van der Waals surface area contributed by atoms with Crippen LogP contribution in [0.25, 0.3) is 5.76 Å². The largest absolute Gasteiger partial charge is 0.507 e. The molecule has 1 aromatic heterocycles. The van der Waals surface area contributed by atoms with Crippen LogP contribution in [0.15, 0.2) is 84.7 Å². The molecular formula is C26H24N2O3. The van der Waals surface area contributed by atoms with Crippen molar-refractivity contribution >= 4 is 17.4 Å². The van der Waals surface area contributed by atoms with Crippen LogP contribution >= 0.6 is 0 Å². The van der Waals surface area contributed by atoms with Crippen LogP contribution in [-0.2, 0) is 16.1 Å². The van der Waals surface area contributed by atoms with Gasteiger partial charge in [0.25, 0.3) is 11.7 Å². The highest BCUT2D eigenvalue weighted by Gasteiger charge is 2.46. The van der Waals surface area contributed by atoms with Crippen LogP contribution in [0.2, 0.25) is 0 Å². The number of hydrogen-bond acceptors (Lipinski definition) is 4. The summed E-state index contributed by atoms with van der Waals surface area (Å²) in [5, 5.41) is 11.0. The number of nitrogens with zero attached hydrogens (tertiary/aromatic N) is 2. The van der Waals surface area contributed by atoms with E-state index in [2.05, 4.69) is 18.8 Å². The summed E-state index contributed by atoms with van der Waals surface area (Å²) in [7, 11) is 0. The van der Waals surface area contributed by atoms with E-state index in [1.807, 2.05) is 36.4 Å². The third kappa shape index (κ3) is 3.99. The third-order valence-electron chi connectivity index (χ3n) is 5.58. The van der Waals surface area contributed by atoms with Crippen molar-refractivity contribution in [2.45, 2.75) is 32.4 Å². The highest BCUT2D eigenvalue weighted by Crippen LogP contribution is 2.40. The van der Waals surface area contributed by atoms with Gasteiger partial charge in [0, 0.05) is 24.5 Å². The van der Waals surface area contributed by atoms with Crippen LogP contribution in [0.5, 0.6) is 0 Å². The number of likely N-dealkylation sites (tertiary alicyclic amines) is 1. The SMILES string of the molecule is CC(C)c1ccc([C@@H]2/C(=C(\O)c3ccccc3)C(=O)C(=O)N2Cc2cccnc2)cc1. The topological polar surface area (TPSA) is 70.5 Å². The number of aliphatic hydroxyl groups is 1. The van der Waals surface area contributed by atoms with Crippen LogP contribution < -0.4 is 0 Å². The molecule has 0 spiro atoms. The maximum Gasteiger partial charge on any atom is 0.295 e. The van der Waals surface area contributed by atoms with Crippen molar-refractivity contribution in [1.29, 1.82) is 0 Å². The fraction of sp³-hybridized carbons (Fsp3) is 0.192. The Balaban J connectivity index is 1.84. The van der Waals surface area contributed by atoms with Gasteiger partial charge in [0.15, 0.2) is 0 Å². The summed E-state index contributed by atoms with van der Waals surface area (Å²) in [6.07, 6.45) is 3.34. The lowest BCUT2D eigenvalue weighted by Crippen LogP contribution is -2.29. The second kappa shape index (κ2) is 8.56. The number of aliphatic hydroxyl groups excluding tert-OH is 1. The Morgan fingerprint density at radius 1 is 1.00 bits per heavy atom. The number of Topliss-reactive ketones (excluding diaryl/α,β-unsaturated/α-hetero) is 1. The number of hydrogen-bond donors (Lipinski definition) is 1. The molecule has 1 fully saturated rings. The predicted octanol–water partition coefficient (Wildman–Crippen LogP) is 4.83. The lowest BCUT2D eigenvalue weighted by molar-refractivity contribution is -0.140. The Labute approximate surface area is 181 Å². The molecule has 0 aliphatic carbocycles. The molecule has 3 aromatic rings. The maximum absolute atomic E-state index is 13.1. The molecule has 1 aliphatic heterocycles. The smallest absolute Gasteiger partial charge is 0.295 e. The van der Waals surface area contributed by atoms with E-state index < -0.39 is 17.7 Å². The summed E-state index contributed by atoms with van der Waals surface area (Å²) in [5.74, 6) is -1.10. The van der Waals surface area contributed by atoms with Crippen LogP contribution in [0.4, 0.5) is 0 Å². The molecule has 1 atom stereocenters. The van der Waals surface area contributed by atoms with Crippen LogP contribution in [0.3, 0.4) is 0 Å². The molecule has 31 heavy (non-hydrogen) atoms. The van der Waals surface area contributed by atoms with Crippen LogP contribution in [0, 0.1) is 0 Å². The summed E-state index contributed by atoms with van der Waals surface area (Å²) in [6.45, 7) is 4.44. The molecule has 2 aromatic carbocycles. The summed E-state index contributed by atoms with van der Waals surface area (Å²) < 4.78 is 0. The number of amides is 1. The van der Waals surface area contributed by atoms with Crippen molar-refractivity contribution in [2.24, 2.45) is 0 Å². The van der Waals surface area contributed by atoms with Crippen molar-refractivity contribution in [1.82, 2.24) is 9.88 Å². The third-order valence-corrected chi connectivity index (χ3v) is 5.58. The fourth-order valence-electron chi connectivity index (χ4n) is 3.89. The summed E-state index contributed by atoms with van der Waals surface area (Å²) in [5.41, 5.74) is 3.37. The average molecular weight is 412 g/mol. The van der Waals surface area contributed by atoms with Gasteiger partial charge < -0.3 is 10.0 Å². The molecule has 0 unspecified atom stereocenters. The van der Waals surface area contributed by atoms with Crippen LogP contribution in [-0.4, -0.2) is 26.7 Å². The van der Waals surface area contributed by atoms with Gasteiger partial charge in [0.1, 0.15) is 5.76 Å². The zero-order valence-corrected chi connectivity index (χ0v) is 17.5. The number of carbonyl (C=O) groups is 2. The van der Waals surface area contributed by atoms with Gasteiger partial charge in [-0.1, -0.05) is 74.5 Å². The van der Waals surface area contributed by atoms with E-state index in [1.165, 1.54) is 4.90 Å². The standard InChI is InChI=1S/C26H24N2O3/c1-17(2)19-10-12-20(13-11-19)23-22(24(29)21-8-4-3-5-9-21)25(30)26(31)28(23)16-18-7-6-14-27-15-18/h3-15,17,23,29H,16H2,1-2H3/b24-22+/t23-/m1/s1. The van der Waals surface area contributed by atoms with Gasteiger partial charge in [-0.05, 0) is 28.7 Å². The summed E-state index contributed by atoms with van der Waals surface area (Å²) in [6, 6.07) is 19.7. The molecule has 1 N–H and O–H groups in total. The van der Waals surface area contributed by atoms with Gasteiger partial charge >= 0.3 is 0 Å². The van der Waals surface area contributed by atoms with Gasteiger partial charge in [-0.15, -0.1) is 0 Å². The minimum atomic E-state index is -0.679. The molecule has 0 radical (unpaired) electrons. The number of benzene rings is 2. The molecule has 0 saturated carbocycles. The number of ketones is 1. The Morgan fingerprint density at radius 2 is 1.71 bits per heavy atom. The lowest BCUT2D eigenvalue weighted by Gasteiger charge is -2.25. The summed E-state index contributed by atoms with van der Waals surface area (Å²) >= 11 is 0. The van der Waals surface area contributed by atoms with Gasteiger partial charge in [-0.2, -0.15) is 0 Å². The molecule has 156 valence electrons. The Morgan fingerprint density at radius 3 is 2.32 bits per heavy atom. The van der Waals surface area contributed by atoms with Crippen LogP contribution in [0.1, 0.15) is 48.1 Å². The minimum absolute atomic E-state index is 0.109. The molecule has 1 aliphatic rings. The van der Waals surface area contributed by atoms with E-state index in [0.29, 0.717) is 11.5 Å². The molecule has 2 heterocycles. The lowest BCUT2D eigenvalue weighted by atomic mass is 9.93. The first-order valence-electron chi connectivity index (χ1n) is 10.3. The van der Waals surface area contributed by atoms with E-state index in [-0.39, 0.29) is 17.9 Å². The van der Waals surface area contributed by atoms with Crippen molar-refractivity contribution in [3.63, 3.8) is 0 Å². The number of carbonyl (C=O) groups excluding carboxylic acids is 2. The molecule has 5 heteroatoms. The molecule has 5 nitrogen and oxygen atoms in total. The van der Waals surface area contributed by atoms with E-state index in [9.17, 15) is 14.7 Å². The highest BCUT2D eigenvalue weighted by atomic mass is 16.3. The number of aromatic nitrogens is 1. The average Bonchev–Trinajstić information content (AvgIpc) is 3.05. The first-order valence-corrected chi connectivity index (χ1v) is 10.3. The van der Waals surface area contributed by atoms with E-state index in [0.717, 1.165) is 16.7 Å².